The topological polar surface area (TPSA) is 67.6 Å². The molecule has 6 nitrogen and oxygen atoms in total. The van der Waals surface area contributed by atoms with E-state index in [4.69, 9.17) is 4.74 Å². The first-order chi connectivity index (χ1) is 12.5. The van der Waals surface area contributed by atoms with Gasteiger partial charge in [0.05, 0.1) is 16.7 Å². The molecule has 1 atom stereocenters. The van der Waals surface area contributed by atoms with Crippen LogP contribution in [0, 0.1) is 11.6 Å². The number of fused-ring (bicyclic) bond motifs is 1. The van der Waals surface area contributed by atoms with Crippen LogP contribution in [-0.4, -0.2) is 26.8 Å². The van der Waals surface area contributed by atoms with Crippen LogP contribution in [0.4, 0.5) is 23.1 Å². The summed E-state index contributed by atoms with van der Waals surface area (Å²) in [4.78, 5) is 17.4. The van der Waals surface area contributed by atoms with E-state index in [0.29, 0.717) is 16.7 Å². The third-order valence-corrected chi connectivity index (χ3v) is 4.61. The average Bonchev–Trinajstić information content (AvgIpc) is 3.22. The van der Waals surface area contributed by atoms with Crippen LogP contribution in [0.3, 0.4) is 0 Å². The fourth-order valence-electron chi connectivity index (χ4n) is 2.93. The number of aromatic hydroxyl groups is 1. The maximum Gasteiger partial charge on any atom is 0.415 e. The highest BCUT2D eigenvalue weighted by Gasteiger charge is 2.38. The summed E-state index contributed by atoms with van der Waals surface area (Å²) in [5, 5.41) is 9.28. The Morgan fingerprint density at radius 2 is 2.04 bits per heavy atom. The lowest BCUT2D eigenvalue weighted by molar-refractivity contribution is 0.178. The summed E-state index contributed by atoms with van der Waals surface area (Å²) in [5.74, 6) is -3.47. The highest BCUT2D eigenvalue weighted by molar-refractivity contribution is 7.92. The maximum atomic E-state index is 14.2. The van der Waals surface area contributed by atoms with Gasteiger partial charge in [0.25, 0.3) is 0 Å². The number of cyclic esters (lactones) is 1. The number of nitrogens with zero attached hydrogens (tertiary/aromatic N) is 3. The number of halogens is 3. The summed E-state index contributed by atoms with van der Waals surface area (Å²) in [6.07, 6.45) is 0.551. The Kier molecular flexibility index (Phi) is 3.91. The molecule has 1 aromatic heterocycles. The largest absolute Gasteiger partial charge is 0.505 e. The molecule has 4 rings (SSSR count). The van der Waals surface area contributed by atoms with Gasteiger partial charge in [-0.05, 0) is 30.3 Å². The third kappa shape index (κ3) is 2.45. The third-order valence-electron chi connectivity index (χ3n) is 4.17. The first kappa shape index (κ1) is 16.6. The van der Waals surface area contributed by atoms with E-state index in [1.165, 1.54) is 28.5 Å². The molecule has 2 heterocycles. The second kappa shape index (κ2) is 6.13. The Morgan fingerprint density at radius 3 is 2.81 bits per heavy atom. The number of phenols is 1. The van der Waals surface area contributed by atoms with Gasteiger partial charge in [-0.1, -0.05) is 0 Å². The van der Waals surface area contributed by atoms with Crippen LogP contribution >= 0.6 is 12.3 Å². The number of carbonyl (C=O) groups is 1. The molecule has 0 saturated carbocycles. The zero-order chi connectivity index (χ0) is 18.4. The lowest BCUT2D eigenvalue weighted by Gasteiger charge is -2.22. The molecule has 26 heavy (non-hydrogen) atoms. The molecule has 0 radical (unpaired) electrons. The molecule has 1 saturated heterocycles. The number of hydrogen-bond donors (Lipinski definition) is 1. The summed E-state index contributed by atoms with van der Waals surface area (Å²) in [7, 11) is 0. The molecule has 134 valence electrons. The smallest absolute Gasteiger partial charge is 0.415 e. The molecule has 1 aliphatic rings. The monoisotopic (exact) mass is 381 g/mol. The van der Waals surface area contributed by atoms with E-state index in [2.05, 4.69) is 4.98 Å². The summed E-state index contributed by atoms with van der Waals surface area (Å²) in [5.41, 5.74) is 1.12. The first-order valence-electron chi connectivity index (χ1n) is 7.40. The molecule has 0 spiro atoms. The van der Waals surface area contributed by atoms with Crippen molar-refractivity contribution in [1.29, 1.82) is 0 Å². The number of aromatic nitrogens is 2. The summed E-state index contributed by atoms with van der Waals surface area (Å²) >= 11 is -0.0201. The summed E-state index contributed by atoms with van der Waals surface area (Å²) in [6.45, 7) is -0.188. The Labute approximate surface area is 149 Å². The van der Waals surface area contributed by atoms with Crippen molar-refractivity contribution in [1.82, 2.24) is 8.96 Å². The standard InChI is InChI=1S/C16H10F3N3O3S/c17-14-9(2-4-13(23)15(14)18)12-6-25-16(24)22(12)8-1-3-11-10(5-8)20-7-21(11)26-19/h1-5,7,12,23H,6H2. The summed E-state index contributed by atoms with van der Waals surface area (Å²) in [6, 6.07) is 5.90. The van der Waals surface area contributed by atoms with Gasteiger partial charge in [-0.15, -0.1) is 3.89 Å². The van der Waals surface area contributed by atoms with Gasteiger partial charge in [0, 0.05) is 5.56 Å². The SMILES string of the molecule is O=C1OCC(c2ccc(O)c(F)c2F)N1c1ccc2c(c1)ncn2SF. The minimum atomic E-state index is -1.39. The quantitative estimate of drug-likeness (QED) is 0.740. The number of hydrogen-bond acceptors (Lipinski definition) is 5. The predicted octanol–water partition coefficient (Wildman–Crippen LogP) is 4.10. The van der Waals surface area contributed by atoms with Crippen molar-refractivity contribution in [2.24, 2.45) is 0 Å². The van der Waals surface area contributed by atoms with Gasteiger partial charge >= 0.3 is 6.09 Å². The van der Waals surface area contributed by atoms with E-state index in [1.54, 1.807) is 6.07 Å². The van der Waals surface area contributed by atoms with Gasteiger partial charge in [-0.3, -0.25) is 4.90 Å². The van der Waals surface area contributed by atoms with Gasteiger partial charge in [0.2, 0.25) is 5.82 Å². The number of rotatable bonds is 3. The molecule has 0 aliphatic carbocycles. The minimum Gasteiger partial charge on any atom is -0.505 e. The van der Waals surface area contributed by atoms with Crippen LogP contribution < -0.4 is 4.90 Å². The number of anilines is 1. The van der Waals surface area contributed by atoms with Crippen LogP contribution in [-0.2, 0) is 4.74 Å². The second-order valence-electron chi connectivity index (χ2n) is 5.58. The van der Waals surface area contributed by atoms with Gasteiger partial charge < -0.3 is 9.84 Å². The zero-order valence-corrected chi connectivity index (χ0v) is 13.7. The highest BCUT2D eigenvalue weighted by Crippen LogP contribution is 2.37. The van der Waals surface area contributed by atoms with Crippen molar-refractivity contribution >= 4 is 35.1 Å². The van der Waals surface area contributed by atoms with Crippen molar-refractivity contribution in [2.45, 2.75) is 6.04 Å². The van der Waals surface area contributed by atoms with E-state index in [9.17, 15) is 22.6 Å². The Morgan fingerprint density at radius 1 is 1.23 bits per heavy atom. The average molecular weight is 381 g/mol. The van der Waals surface area contributed by atoms with Crippen molar-refractivity contribution in [3.63, 3.8) is 0 Å². The normalized spacial score (nSPS) is 17.1. The molecule has 3 aromatic rings. The van der Waals surface area contributed by atoms with Gasteiger partial charge in [0.1, 0.15) is 19.0 Å². The van der Waals surface area contributed by atoms with E-state index in [-0.39, 0.29) is 24.5 Å². The fourth-order valence-corrected chi connectivity index (χ4v) is 3.24. The highest BCUT2D eigenvalue weighted by atomic mass is 32.2. The Balaban J connectivity index is 1.79. The van der Waals surface area contributed by atoms with E-state index < -0.39 is 29.5 Å². The number of benzene rings is 2. The number of amides is 1. The van der Waals surface area contributed by atoms with Gasteiger partial charge in [-0.2, -0.15) is 4.39 Å². The predicted molar refractivity (Wildman–Crippen MR) is 88.4 cm³/mol. The van der Waals surface area contributed by atoms with Crippen LogP contribution in [0.2, 0.25) is 0 Å². The van der Waals surface area contributed by atoms with Crippen molar-refractivity contribution in [3.8, 4) is 5.75 Å². The first-order valence-corrected chi connectivity index (χ1v) is 8.07. The molecular weight excluding hydrogens is 371 g/mol. The number of imidazole rings is 1. The second-order valence-corrected chi connectivity index (χ2v) is 6.11. The Bertz CT molecular complexity index is 1030. The molecule has 10 heteroatoms. The number of carbonyl (C=O) groups excluding carboxylic acids is 1. The lowest BCUT2D eigenvalue weighted by Crippen LogP contribution is -2.28. The molecule has 1 unspecified atom stereocenters. The maximum absolute atomic E-state index is 14.2. The van der Waals surface area contributed by atoms with Crippen molar-refractivity contribution in [3.05, 3.63) is 53.9 Å². The minimum absolute atomic E-state index is 0.0201. The molecule has 1 N–H and O–H groups in total. The van der Waals surface area contributed by atoms with E-state index >= 15 is 0 Å². The number of ether oxygens (including phenoxy) is 1. The van der Waals surface area contributed by atoms with Crippen LogP contribution in [0.15, 0.2) is 36.7 Å². The number of phenolic OH excluding ortho intramolecular Hbond substituents is 1. The van der Waals surface area contributed by atoms with Gasteiger partial charge in [0.15, 0.2) is 23.9 Å². The molecule has 1 fully saturated rings. The molecule has 2 aromatic carbocycles. The molecule has 0 bridgehead atoms. The summed E-state index contributed by atoms with van der Waals surface area (Å²) < 4.78 is 47.0. The molecular formula is C16H10F3N3O3S. The molecule has 1 amide bonds. The molecule has 1 aliphatic heterocycles. The van der Waals surface area contributed by atoms with Crippen molar-refractivity contribution < 1.29 is 27.3 Å². The van der Waals surface area contributed by atoms with Crippen molar-refractivity contribution in [2.75, 3.05) is 11.5 Å². The van der Waals surface area contributed by atoms with E-state index in [0.717, 1.165) is 11.0 Å². The van der Waals surface area contributed by atoms with Gasteiger partial charge in [-0.25, -0.2) is 18.1 Å². The fraction of sp³-hybridized carbons (Fsp3) is 0.125. The van der Waals surface area contributed by atoms with Crippen LogP contribution in [0.5, 0.6) is 5.75 Å². The Hall–Kier alpha value is -2.88. The van der Waals surface area contributed by atoms with Crippen LogP contribution in [0.25, 0.3) is 11.0 Å². The lowest BCUT2D eigenvalue weighted by atomic mass is 10.0. The zero-order valence-electron chi connectivity index (χ0n) is 12.9. The van der Waals surface area contributed by atoms with Crippen LogP contribution in [0.1, 0.15) is 11.6 Å². The van der Waals surface area contributed by atoms with E-state index in [1.807, 2.05) is 0 Å².